The first-order valence-electron chi connectivity index (χ1n) is 8.97. The van der Waals surface area contributed by atoms with E-state index in [1.165, 1.54) is 23.1 Å². The van der Waals surface area contributed by atoms with E-state index in [0.717, 1.165) is 17.2 Å². The molecule has 0 bridgehead atoms. The van der Waals surface area contributed by atoms with E-state index in [1.54, 1.807) is 7.05 Å². The molecule has 4 nitrogen and oxygen atoms in total. The number of anilines is 1. The smallest absolute Gasteiger partial charge is 0.345 e. The Bertz CT molecular complexity index is 878. The van der Waals surface area contributed by atoms with Crippen LogP contribution in [0.2, 0.25) is 0 Å². The number of rotatable bonds is 3. The Labute approximate surface area is 161 Å². The van der Waals surface area contributed by atoms with Gasteiger partial charge in [-0.25, -0.2) is 0 Å². The zero-order chi connectivity index (χ0) is 20.5. The third-order valence-corrected chi connectivity index (χ3v) is 5.10. The van der Waals surface area contributed by atoms with Crippen LogP contribution in [0.3, 0.4) is 0 Å². The number of carbonyl (C=O) groups excluding carboxylic acids is 2. The molecule has 28 heavy (non-hydrogen) atoms. The van der Waals surface area contributed by atoms with Gasteiger partial charge in [-0.05, 0) is 31.0 Å². The van der Waals surface area contributed by atoms with Crippen LogP contribution in [0.1, 0.15) is 29.0 Å². The zero-order valence-corrected chi connectivity index (χ0v) is 15.6. The average Bonchev–Trinajstić information content (AvgIpc) is 2.64. The highest BCUT2D eigenvalue weighted by molar-refractivity contribution is 6.08. The van der Waals surface area contributed by atoms with Gasteiger partial charge in [-0.1, -0.05) is 42.0 Å². The molecule has 2 atom stereocenters. The predicted octanol–water partition coefficient (Wildman–Crippen LogP) is 4.21. The molecule has 0 unspecified atom stereocenters. The lowest BCUT2D eigenvalue weighted by molar-refractivity contribution is -0.143. The molecule has 1 heterocycles. The maximum absolute atomic E-state index is 13.2. The van der Waals surface area contributed by atoms with E-state index < -0.39 is 23.6 Å². The fourth-order valence-electron chi connectivity index (χ4n) is 3.54. The number of hydrogen-bond donors (Lipinski definition) is 1. The van der Waals surface area contributed by atoms with Gasteiger partial charge in [0.15, 0.2) is 0 Å². The lowest BCUT2D eigenvalue weighted by Gasteiger charge is -2.35. The molecule has 0 spiro atoms. The monoisotopic (exact) mass is 390 g/mol. The van der Waals surface area contributed by atoms with Crippen molar-refractivity contribution in [3.63, 3.8) is 0 Å². The summed E-state index contributed by atoms with van der Waals surface area (Å²) in [7, 11) is 1.59. The highest BCUT2D eigenvalue weighted by Crippen LogP contribution is 2.37. The number of carbonyl (C=O) groups is 2. The minimum absolute atomic E-state index is 0.344. The molecule has 0 radical (unpaired) electrons. The molecule has 2 aromatic rings. The maximum Gasteiger partial charge on any atom is 0.418 e. The summed E-state index contributed by atoms with van der Waals surface area (Å²) in [6.45, 7) is 2.42. The van der Waals surface area contributed by atoms with Crippen molar-refractivity contribution in [3.8, 4) is 0 Å². The number of para-hydroxylation sites is 1. The summed E-state index contributed by atoms with van der Waals surface area (Å²) >= 11 is 0. The standard InChI is InChI=1S/C21H21F3N2O2/c1-13-7-9-14(10-8-13)15-11-12-26(2)20(28)18(15)19(27)25-17-6-4-3-5-16(17)21(22,23)24/h3-10,15,18H,11-12H2,1-2H3,(H,25,27)/t15-,18+/m1/s1. The first-order valence-corrected chi connectivity index (χ1v) is 8.97. The van der Waals surface area contributed by atoms with Crippen molar-refractivity contribution in [1.82, 2.24) is 4.90 Å². The first-order chi connectivity index (χ1) is 13.2. The van der Waals surface area contributed by atoms with Crippen molar-refractivity contribution in [3.05, 3.63) is 65.2 Å². The van der Waals surface area contributed by atoms with Crippen LogP contribution in [-0.2, 0) is 15.8 Å². The van der Waals surface area contributed by atoms with Gasteiger partial charge in [0.2, 0.25) is 11.8 Å². The molecule has 1 aliphatic rings. The van der Waals surface area contributed by atoms with Crippen molar-refractivity contribution in [2.75, 3.05) is 18.9 Å². The highest BCUT2D eigenvalue weighted by atomic mass is 19.4. The predicted molar refractivity (Wildman–Crippen MR) is 99.7 cm³/mol. The van der Waals surface area contributed by atoms with Crippen LogP contribution in [0, 0.1) is 12.8 Å². The summed E-state index contributed by atoms with van der Waals surface area (Å²) < 4.78 is 39.7. The first kappa shape index (κ1) is 19.9. The van der Waals surface area contributed by atoms with E-state index in [0.29, 0.717) is 13.0 Å². The van der Waals surface area contributed by atoms with Crippen molar-refractivity contribution < 1.29 is 22.8 Å². The van der Waals surface area contributed by atoms with Crippen LogP contribution in [-0.4, -0.2) is 30.3 Å². The summed E-state index contributed by atoms with van der Waals surface area (Å²) in [4.78, 5) is 27.1. The Morgan fingerprint density at radius 2 is 1.75 bits per heavy atom. The molecule has 0 saturated carbocycles. The molecule has 148 valence electrons. The molecule has 1 N–H and O–H groups in total. The number of piperidine rings is 1. The highest BCUT2D eigenvalue weighted by Gasteiger charge is 2.42. The summed E-state index contributed by atoms with van der Waals surface area (Å²) in [5, 5.41) is 2.34. The second-order valence-electron chi connectivity index (χ2n) is 7.08. The Morgan fingerprint density at radius 3 is 2.39 bits per heavy atom. The lowest BCUT2D eigenvalue weighted by Crippen LogP contribution is -2.47. The number of nitrogens with zero attached hydrogens (tertiary/aromatic N) is 1. The minimum Gasteiger partial charge on any atom is -0.345 e. The molecule has 1 saturated heterocycles. The van der Waals surface area contributed by atoms with Gasteiger partial charge in [-0.3, -0.25) is 9.59 Å². The normalized spacial score (nSPS) is 20.2. The van der Waals surface area contributed by atoms with Gasteiger partial charge in [-0.2, -0.15) is 13.2 Å². The van der Waals surface area contributed by atoms with Gasteiger partial charge in [0.1, 0.15) is 5.92 Å². The number of likely N-dealkylation sites (tertiary alicyclic amines) is 1. The van der Waals surface area contributed by atoms with Crippen LogP contribution in [0.25, 0.3) is 0 Å². The molecule has 2 amide bonds. The number of hydrogen-bond acceptors (Lipinski definition) is 2. The number of amides is 2. The number of aryl methyl sites for hydroxylation is 1. The molecule has 3 rings (SSSR count). The summed E-state index contributed by atoms with van der Waals surface area (Å²) in [5.74, 6) is -2.58. The van der Waals surface area contributed by atoms with Gasteiger partial charge in [0, 0.05) is 19.5 Å². The zero-order valence-electron chi connectivity index (χ0n) is 15.6. The van der Waals surface area contributed by atoms with Gasteiger partial charge < -0.3 is 10.2 Å². The van der Waals surface area contributed by atoms with Gasteiger partial charge >= 0.3 is 6.18 Å². The molecular weight excluding hydrogens is 369 g/mol. The van der Waals surface area contributed by atoms with Crippen LogP contribution in [0.4, 0.5) is 18.9 Å². The van der Waals surface area contributed by atoms with Gasteiger partial charge in [0.25, 0.3) is 0 Å². The van der Waals surface area contributed by atoms with Crippen molar-refractivity contribution in [2.24, 2.45) is 5.92 Å². The Hall–Kier alpha value is -2.83. The second-order valence-corrected chi connectivity index (χ2v) is 7.08. The second kappa shape index (κ2) is 7.66. The third-order valence-electron chi connectivity index (χ3n) is 5.10. The van der Waals surface area contributed by atoms with E-state index in [2.05, 4.69) is 5.32 Å². The van der Waals surface area contributed by atoms with Crippen LogP contribution >= 0.6 is 0 Å². The average molecular weight is 390 g/mol. The molecular formula is C21H21F3N2O2. The Balaban J connectivity index is 1.93. The van der Waals surface area contributed by atoms with E-state index in [-0.39, 0.29) is 17.5 Å². The van der Waals surface area contributed by atoms with E-state index >= 15 is 0 Å². The van der Waals surface area contributed by atoms with Gasteiger partial charge in [0.05, 0.1) is 11.3 Å². The Kier molecular flexibility index (Phi) is 5.45. The number of benzene rings is 2. The summed E-state index contributed by atoms with van der Waals surface area (Å²) in [6, 6.07) is 12.3. The number of nitrogens with one attached hydrogen (secondary N) is 1. The minimum atomic E-state index is -4.60. The van der Waals surface area contributed by atoms with Gasteiger partial charge in [-0.15, -0.1) is 0 Å². The van der Waals surface area contributed by atoms with Crippen LogP contribution in [0.5, 0.6) is 0 Å². The fourth-order valence-corrected chi connectivity index (χ4v) is 3.54. The lowest BCUT2D eigenvalue weighted by atomic mass is 9.79. The van der Waals surface area contributed by atoms with Crippen LogP contribution < -0.4 is 5.32 Å². The van der Waals surface area contributed by atoms with E-state index in [9.17, 15) is 22.8 Å². The number of alkyl halides is 3. The van der Waals surface area contributed by atoms with E-state index in [1.807, 2.05) is 31.2 Å². The largest absolute Gasteiger partial charge is 0.418 e. The molecule has 0 aromatic heterocycles. The summed E-state index contributed by atoms with van der Waals surface area (Å²) in [5.41, 5.74) is 0.593. The van der Waals surface area contributed by atoms with Crippen molar-refractivity contribution >= 4 is 17.5 Å². The topological polar surface area (TPSA) is 49.4 Å². The summed E-state index contributed by atoms with van der Waals surface area (Å²) in [6.07, 6.45) is -4.04. The molecule has 2 aromatic carbocycles. The fraction of sp³-hybridized carbons (Fsp3) is 0.333. The molecule has 1 fully saturated rings. The SMILES string of the molecule is Cc1ccc([C@H]2CCN(C)C(=O)[C@@H]2C(=O)Nc2ccccc2C(F)(F)F)cc1. The quantitative estimate of drug-likeness (QED) is 0.798. The molecule has 0 aliphatic carbocycles. The maximum atomic E-state index is 13.2. The molecule has 7 heteroatoms. The number of halogens is 3. The van der Waals surface area contributed by atoms with Crippen LogP contribution in [0.15, 0.2) is 48.5 Å². The Morgan fingerprint density at radius 1 is 1.11 bits per heavy atom. The third kappa shape index (κ3) is 4.03. The van der Waals surface area contributed by atoms with Crippen molar-refractivity contribution in [2.45, 2.75) is 25.4 Å². The molecule has 1 aliphatic heterocycles. The van der Waals surface area contributed by atoms with Crippen molar-refractivity contribution in [1.29, 1.82) is 0 Å². The van der Waals surface area contributed by atoms with E-state index in [4.69, 9.17) is 0 Å².